The molecule has 2 aliphatic heterocycles. The molecule has 0 unspecified atom stereocenters. The van der Waals surface area contributed by atoms with Crippen molar-refractivity contribution >= 4 is 17.6 Å². The van der Waals surface area contributed by atoms with E-state index in [9.17, 15) is 9.18 Å². The fraction of sp³-hybridized carbons (Fsp3) is 0.579. The van der Waals surface area contributed by atoms with E-state index in [-0.39, 0.29) is 18.3 Å². The van der Waals surface area contributed by atoms with Crippen molar-refractivity contribution in [2.24, 2.45) is 4.99 Å². The second-order valence-electron chi connectivity index (χ2n) is 6.68. The lowest BCUT2D eigenvalue weighted by molar-refractivity contribution is -0.128. The molecule has 2 saturated heterocycles. The molecule has 0 saturated carbocycles. The zero-order valence-corrected chi connectivity index (χ0v) is 15.5. The number of hydrogen-bond donors (Lipinski definition) is 1. The summed E-state index contributed by atoms with van der Waals surface area (Å²) in [4.78, 5) is 22.9. The predicted molar refractivity (Wildman–Crippen MR) is 102 cm³/mol. The maximum atomic E-state index is 14.0. The first kappa shape index (κ1) is 18.5. The smallest absolute Gasteiger partial charge is 0.244 e. The molecule has 2 fully saturated rings. The molecule has 7 heteroatoms. The minimum atomic E-state index is -0.183. The van der Waals surface area contributed by atoms with E-state index < -0.39 is 0 Å². The number of amides is 1. The zero-order chi connectivity index (χ0) is 18.4. The number of carbonyl (C=O) groups excluding carboxylic acids is 1. The largest absolute Gasteiger partial charge is 0.366 e. The van der Waals surface area contributed by atoms with E-state index in [1.807, 2.05) is 24.0 Å². The highest BCUT2D eigenvalue weighted by Crippen LogP contribution is 2.20. The molecular formula is C19H28FN5O. The fourth-order valence-corrected chi connectivity index (χ4v) is 3.50. The molecule has 1 amide bonds. The summed E-state index contributed by atoms with van der Waals surface area (Å²) in [5, 5.41) is 3.28. The van der Waals surface area contributed by atoms with Crippen LogP contribution in [0.3, 0.4) is 0 Å². The van der Waals surface area contributed by atoms with Gasteiger partial charge in [0.15, 0.2) is 5.96 Å². The molecule has 142 valence electrons. The third-order valence-corrected chi connectivity index (χ3v) is 4.93. The number of benzene rings is 1. The standard InChI is InChI=1S/C19H28FN5O/c1-2-21-19(22-15-18(26)24-9-5-6-10-24)25-13-11-23(12-14-25)17-8-4-3-7-16(17)20/h3-4,7-8H,2,5-6,9-15H2,1H3,(H,21,22). The molecule has 26 heavy (non-hydrogen) atoms. The minimum absolute atomic E-state index is 0.0999. The average molecular weight is 361 g/mol. The summed E-state index contributed by atoms with van der Waals surface area (Å²) in [7, 11) is 0. The van der Waals surface area contributed by atoms with Crippen LogP contribution < -0.4 is 10.2 Å². The highest BCUT2D eigenvalue weighted by molar-refractivity contribution is 5.85. The number of guanidine groups is 1. The number of nitrogens with zero attached hydrogens (tertiary/aromatic N) is 4. The van der Waals surface area contributed by atoms with Crippen LogP contribution in [0.5, 0.6) is 0 Å². The van der Waals surface area contributed by atoms with Gasteiger partial charge in [-0.3, -0.25) is 4.79 Å². The summed E-state index contributed by atoms with van der Waals surface area (Å²) < 4.78 is 14.0. The van der Waals surface area contributed by atoms with Crippen LogP contribution in [0.4, 0.5) is 10.1 Å². The Balaban J connectivity index is 1.58. The Bertz CT molecular complexity index is 637. The number of carbonyl (C=O) groups is 1. The number of likely N-dealkylation sites (tertiary alicyclic amines) is 1. The van der Waals surface area contributed by atoms with Gasteiger partial charge in [0.2, 0.25) is 5.91 Å². The van der Waals surface area contributed by atoms with Crippen molar-refractivity contribution in [1.82, 2.24) is 15.1 Å². The van der Waals surface area contributed by atoms with Gasteiger partial charge in [0.25, 0.3) is 0 Å². The topological polar surface area (TPSA) is 51.2 Å². The van der Waals surface area contributed by atoms with Crippen LogP contribution in [-0.4, -0.2) is 74.0 Å². The molecular weight excluding hydrogens is 333 g/mol. The van der Waals surface area contributed by atoms with Gasteiger partial charge in [0, 0.05) is 45.8 Å². The summed E-state index contributed by atoms with van der Waals surface area (Å²) in [6.45, 7) is 7.62. The predicted octanol–water partition coefficient (Wildman–Crippen LogP) is 1.54. The summed E-state index contributed by atoms with van der Waals surface area (Å²) in [6.07, 6.45) is 2.18. The third kappa shape index (κ3) is 4.45. The first-order chi connectivity index (χ1) is 12.7. The minimum Gasteiger partial charge on any atom is -0.366 e. The van der Waals surface area contributed by atoms with E-state index >= 15 is 0 Å². The molecule has 1 N–H and O–H groups in total. The lowest BCUT2D eigenvalue weighted by atomic mass is 10.2. The van der Waals surface area contributed by atoms with Crippen molar-refractivity contribution in [3.63, 3.8) is 0 Å². The van der Waals surface area contributed by atoms with Crippen molar-refractivity contribution in [3.8, 4) is 0 Å². The number of halogens is 1. The molecule has 6 nitrogen and oxygen atoms in total. The van der Waals surface area contributed by atoms with Crippen molar-refractivity contribution < 1.29 is 9.18 Å². The Kier molecular flexibility index (Phi) is 6.30. The summed E-state index contributed by atoms with van der Waals surface area (Å²) in [5.74, 6) is 0.689. The number of piperazine rings is 1. The molecule has 0 atom stereocenters. The fourth-order valence-electron chi connectivity index (χ4n) is 3.50. The number of nitrogens with one attached hydrogen (secondary N) is 1. The molecule has 1 aromatic rings. The van der Waals surface area contributed by atoms with Gasteiger partial charge < -0.3 is 20.0 Å². The van der Waals surface area contributed by atoms with E-state index in [0.29, 0.717) is 5.69 Å². The van der Waals surface area contributed by atoms with Gasteiger partial charge in [0.1, 0.15) is 12.4 Å². The van der Waals surface area contributed by atoms with Crippen LogP contribution in [0.1, 0.15) is 19.8 Å². The highest BCUT2D eigenvalue weighted by atomic mass is 19.1. The normalized spacial score (nSPS) is 18.4. The lowest BCUT2D eigenvalue weighted by Crippen LogP contribution is -2.53. The number of hydrogen-bond acceptors (Lipinski definition) is 3. The summed E-state index contributed by atoms with van der Waals surface area (Å²) in [6, 6.07) is 6.89. The maximum Gasteiger partial charge on any atom is 0.244 e. The molecule has 0 aromatic heterocycles. The van der Waals surface area contributed by atoms with Crippen LogP contribution >= 0.6 is 0 Å². The Morgan fingerprint density at radius 2 is 1.77 bits per heavy atom. The van der Waals surface area contributed by atoms with E-state index in [1.54, 1.807) is 6.07 Å². The molecule has 0 spiro atoms. The number of aliphatic imine (C=N–C) groups is 1. The number of para-hydroxylation sites is 1. The lowest BCUT2D eigenvalue weighted by Gasteiger charge is -2.37. The Morgan fingerprint density at radius 3 is 2.42 bits per heavy atom. The van der Waals surface area contributed by atoms with E-state index in [1.165, 1.54) is 6.07 Å². The van der Waals surface area contributed by atoms with E-state index in [2.05, 4.69) is 20.1 Å². The summed E-state index contributed by atoms with van der Waals surface area (Å²) in [5.41, 5.74) is 0.651. The van der Waals surface area contributed by atoms with Crippen molar-refractivity contribution in [1.29, 1.82) is 0 Å². The van der Waals surface area contributed by atoms with Crippen LogP contribution in [0, 0.1) is 5.82 Å². The Labute approximate surface area is 154 Å². The van der Waals surface area contributed by atoms with Crippen LogP contribution in [0.25, 0.3) is 0 Å². The van der Waals surface area contributed by atoms with Gasteiger partial charge in [-0.15, -0.1) is 0 Å². The van der Waals surface area contributed by atoms with Crippen molar-refractivity contribution in [3.05, 3.63) is 30.1 Å². The average Bonchev–Trinajstić information content (AvgIpc) is 3.20. The summed E-state index contributed by atoms with van der Waals surface area (Å²) >= 11 is 0. The van der Waals surface area contributed by atoms with Gasteiger partial charge in [-0.2, -0.15) is 0 Å². The Hall–Kier alpha value is -2.31. The molecule has 0 aliphatic carbocycles. The first-order valence-corrected chi connectivity index (χ1v) is 9.49. The quantitative estimate of drug-likeness (QED) is 0.653. The molecule has 0 bridgehead atoms. The van der Waals surface area contributed by atoms with Gasteiger partial charge in [0.05, 0.1) is 5.69 Å². The van der Waals surface area contributed by atoms with Crippen LogP contribution in [0.2, 0.25) is 0 Å². The third-order valence-electron chi connectivity index (χ3n) is 4.93. The van der Waals surface area contributed by atoms with Crippen molar-refractivity contribution in [2.75, 3.05) is 57.3 Å². The van der Waals surface area contributed by atoms with Crippen LogP contribution in [-0.2, 0) is 4.79 Å². The molecule has 1 aromatic carbocycles. The van der Waals surface area contributed by atoms with Gasteiger partial charge in [-0.1, -0.05) is 12.1 Å². The first-order valence-electron chi connectivity index (χ1n) is 9.49. The van der Waals surface area contributed by atoms with Gasteiger partial charge in [-0.25, -0.2) is 9.38 Å². The van der Waals surface area contributed by atoms with E-state index in [4.69, 9.17) is 0 Å². The number of anilines is 1. The highest BCUT2D eigenvalue weighted by Gasteiger charge is 2.22. The van der Waals surface area contributed by atoms with Crippen LogP contribution in [0.15, 0.2) is 29.3 Å². The Morgan fingerprint density at radius 1 is 1.08 bits per heavy atom. The maximum absolute atomic E-state index is 14.0. The molecule has 2 aliphatic rings. The molecule has 0 radical (unpaired) electrons. The molecule has 3 rings (SSSR count). The van der Waals surface area contributed by atoms with E-state index in [0.717, 1.165) is 64.6 Å². The second kappa shape index (κ2) is 8.87. The van der Waals surface area contributed by atoms with Gasteiger partial charge >= 0.3 is 0 Å². The zero-order valence-electron chi connectivity index (χ0n) is 15.5. The monoisotopic (exact) mass is 361 g/mol. The van der Waals surface area contributed by atoms with Crippen molar-refractivity contribution in [2.45, 2.75) is 19.8 Å². The molecule has 2 heterocycles. The number of rotatable bonds is 4. The SMILES string of the molecule is CCNC(=NCC(=O)N1CCCC1)N1CCN(c2ccccc2F)CC1. The van der Waals surface area contributed by atoms with Gasteiger partial charge in [-0.05, 0) is 31.9 Å². The second-order valence-corrected chi connectivity index (χ2v) is 6.68.